The molecule has 1 amide bonds. The van der Waals surface area contributed by atoms with Gasteiger partial charge in [-0.2, -0.15) is 0 Å². The number of fused-ring (bicyclic) bond motifs is 1. The fourth-order valence-corrected chi connectivity index (χ4v) is 7.18. The van der Waals surface area contributed by atoms with Crippen LogP contribution < -0.4 is 16.0 Å². The molecule has 5 nitrogen and oxygen atoms in total. The molecule has 7 rings (SSSR count). The number of pyridine rings is 1. The maximum atomic E-state index is 13.1. The number of aromatic nitrogens is 1. The van der Waals surface area contributed by atoms with E-state index in [2.05, 4.69) is 28.6 Å². The van der Waals surface area contributed by atoms with Crippen LogP contribution in [0, 0.1) is 35.6 Å². The summed E-state index contributed by atoms with van der Waals surface area (Å²) in [5.41, 5.74) is 2.07. The second-order valence-electron chi connectivity index (χ2n) is 11.1. The SMILES string of the molecule is O=C(CC12CC3CC(CC(C3)C1)C2)Nc1cccc2nc(NCCN[CH]C3CC3)ccc12. The summed E-state index contributed by atoms with van der Waals surface area (Å²) < 4.78 is 0. The van der Waals surface area contributed by atoms with Crippen LogP contribution in [0.2, 0.25) is 0 Å². The van der Waals surface area contributed by atoms with Gasteiger partial charge < -0.3 is 16.0 Å². The number of carbonyl (C=O) groups is 1. The molecule has 1 aromatic heterocycles. The molecule has 0 atom stereocenters. The number of nitrogens with zero attached hydrogens (tertiary/aromatic N) is 1. The van der Waals surface area contributed by atoms with Gasteiger partial charge in [0, 0.05) is 31.4 Å². The summed E-state index contributed by atoms with van der Waals surface area (Å²) in [6.07, 6.45) is 11.4. The lowest BCUT2D eigenvalue weighted by Crippen LogP contribution is -2.47. The summed E-state index contributed by atoms with van der Waals surface area (Å²) in [6.45, 7) is 3.95. The Labute approximate surface area is 191 Å². The van der Waals surface area contributed by atoms with Crippen LogP contribution in [0.25, 0.3) is 10.9 Å². The molecule has 1 aromatic carbocycles. The van der Waals surface area contributed by atoms with E-state index in [0.717, 1.165) is 59.2 Å². The van der Waals surface area contributed by atoms with E-state index in [1.807, 2.05) is 24.3 Å². The van der Waals surface area contributed by atoms with Crippen LogP contribution in [-0.4, -0.2) is 24.0 Å². The number of rotatable bonds is 9. The summed E-state index contributed by atoms with van der Waals surface area (Å²) in [6, 6.07) is 10.1. The zero-order chi connectivity index (χ0) is 21.5. The molecule has 0 unspecified atom stereocenters. The van der Waals surface area contributed by atoms with E-state index >= 15 is 0 Å². The first kappa shape index (κ1) is 20.5. The molecule has 0 aliphatic heterocycles. The molecule has 0 spiro atoms. The molecule has 3 N–H and O–H groups in total. The average molecular weight is 432 g/mol. The topological polar surface area (TPSA) is 66.0 Å². The molecule has 4 bridgehead atoms. The predicted octanol–water partition coefficient (Wildman–Crippen LogP) is 5.35. The summed E-state index contributed by atoms with van der Waals surface area (Å²) in [7, 11) is 0. The Bertz CT molecular complexity index is 963. The van der Waals surface area contributed by atoms with E-state index in [9.17, 15) is 4.79 Å². The third kappa shape index (κ3) is 4.36. The van der Waals surface area contributed by atoms with Gasteiger partial charge in [0.1, 0.15) is 5.82 Å². The first-order chi connectivity index (χ1) is 15.6. The summed E-state index contributed by atoms with van der Waals surface area (Å²) in [5, 5.41) is 11.0. The quantitative estimate of drug-likeness (QED) is 0.468. The van der Waals surface area contributed by atoms with Crippen molar-refractivity contribution < 1.29 is 4.79 Å². The standard InChI is InChI=1S/C27H35N4O/c32-26(16-27-13-19-10-20(14-27)12-21(11-19)15-27)31-24-3-1-2-23-22(24)6-7-25(30-23)29-9-8-28-17-18-4-5-18/h1-3,6-7,17-21,28H,4-5,8-16H2,(H,29,30)(H,31,32). The van der Waals surface area contributed by atoms with Crippen LogP contribution in [0.5, 0.6) is 0 Å². The third-order valence-corrected chi connectivity index (χ3v) is 8.26. The lowest BCUT2D eigenvalue weighted by atomic mass is 9.49. The molecule has 1 radical (unpaired) electrons. The highest BCUT2D eigenvalue weighted by atomic mass is 16.1. The van der Waals surface area contributed by atoms with Gasteiger partial charge in [-0.25, -0.2) is 4.98 Å². The highest BCUT2D eigenvalue weighted by molar-refractivity contribution is 6.01. The normalized spacial score (nSPS) is 30.6. The fraction of sp³-hybridized carbons (Fsp3) is 0.593. The second kappa shape index (κ2) is 8.33. The molecule has 32 heavy (non-hydrogen) atoms. The minimum atomic E-state index is 0.180. The van der Waals surface area contributed by atoms with Crippen molar-refractivity contribution in [1.82, 2.24) is 10.3 Å². The Morgan fingerprint density at radius 1 is 1.00 bits per heavy atom. The van der Waals surface area contributed by atoms with Crippen molar-refractivity contribution in [2.24, 2.45) is 29.1 Å². The first-order valence-corrected chi connectivity index (χ1v) is 12.6. The molecule has 2 aromatic rings. The lowest BCUT2D eigenvalue weighted by molar-refractivity contribution is -0.124. The maximum absolute atomic E-state index is 13.1. The number of hydrogen-bond donors (Lipinski definition) is 3. The van der Waals surface area contributed by atoms with Crippen molar-refractivity contribution in [2.45, 2.75) is 57.8 Å². The Morgan fingerprint density at radius 2 is 1.75 bits per heavy atom. The Morgan fingerprint density at radius 3 is 2.47 bits per heavy atom. The number of amides is 1. The van der Waals surface area contributed by atoms with Crippen LogP contribution in [0.1, 0.15) is 57.8 Å². The molecule has 5 aliphatic carbocycles. The molecular formula is C27H35N4O. The van der Waals surface area contributed by atoms with Crippen molar-refractivity contribution in [3.63, 3.8) is 0 Å². The Balaban J connectivity index is 1.08. The molecule has 169 valence electrons. The fourth-order valence-electron chi connectivity index (χ4n) is 7.18. The molecule has 1 heterocycles. The number of hydrogen-bond acceptors (Lipinski definition) is 4. The molecule has 0 saturated heterocycles. The highest BCUT2D eigenvalue weighted by Gasteiger charge is 2.51. The zero-order valence-corrected chi connectivity index (χ0v) is 18.9. The smallest absolute Gasteiger partial charge is 0.224 e. The van der Waals surface area contributed by atoms with Crippen molar-refractivity contribution in [3.8, 4) is 0 Å². The van der Waals surface area contributed by atoms with Crippen LogP contribution >= 0.6 is 0 Å². The molecule has 5 aliphatic rings. The summed E-state index contributed by atoms with van der Waals surface area (Å²) >= 11 is 0. The molecule has 5 saturated carbocycles. The van der Waals surface area contributed by atoms with Gasteiger partial charge in [-0.1, -0.05) is 6.07 Å². The van der Waals surface area contributed by atoms with Gasteiger partial charge in [-0.05, 0) is 105 Å². The number of carbonyl (C=O) groups excluding carboxylic acids is 1. The minimum absolute atomic E-state index is 0.180. The van der Waals surface area contributed by atoms with Crippen LogP contribution in [0.4, 0.5) is 11.5 Å². The van der Waals surface area contributed by atoms with Crippen molar-refractivity contribution >= 4 is 28.3 Å². The van der Waals surface area contributed by atoms with Gasteiger partial charge in [0.15, 0.2) is 0 Å². The summed E-state index contributed by atoms with van der Waals surface area (Å²) in [5.74, 6) is 4.48. The zero-order valence-electron chi connectivity index (χ0n) is 18.9. The second-order valence-corrected chi connectivity index (χ2v) is 11.1. The predicted molar refractivity (Wildman–Crippen MR) is 129 cm³/mol. The van der Waals surface area contributed by atoms with Gasteiger partial charge in [-0.3, -0.25) is 4.79 Å². The monoisotopic (exact) mass is 431 g/mol. The van der Waals surface area contributed by atoms with Gasteiger partial charge >= 0.3 is 0 Å². The van der Waals surface area contributed by atoms with E-state index in [-0.39, 0.29) is 11.3 Å². The minimum Gasteiger partial charge on any atom is -0.369 e. The summed E-state index contributed by atoms with van der Waals surface area (Å²) in [4.78, 5) is 17.9. The van der Waals surface area contributed by atoms with Crippen LogP contribution in [0.15, 0.2) is 30.3 Å². The number of nitrogens with one attached hydrogen (secondary N) is 3. The Kier molecular flexibility index (Phi) is 5.33. The van der Waals surface area contributed by atoms with E-state index in [1.54, 1.807) is 0 Å². The van der Waals surface area contributed by atoms with E-state index in [0.29, 0.717) is 6.42 Å². The van der Waals surface area contributed by atoms with Gasteiger partial charge in [0.2, 0.25) is 5.91 Å². The first-order valence-electron chi connectivity index (χ1n) is 12.6. The van der Waals surface area contributed by atoms with Crippen molar-refractivity contribution in [2.75, 3.05) is 23.7 Å². The third-order valence-electron chi connectivity index (χ3n) is 8.26. The lowest BCUT2D eigenvalue weighted by Gasteiger charge is -2.56. The van der Waals surface area contributed by atoms with E-state index in [1.165, 1.54) is 51.4 Å². The maximum Gasteiger partial charge on any atom is 0.224 e. The van der Waals surface area contributed by atoms with Crippen molar-refractivity contribution in [3.05, 3.63) is 36.9 Å². The van der Waals surface area contributed by atoms with Crippen molar-refractivity contribution in [1.29, 1.82) is 0 Å². The van der Waals surface area contributed by atoms with Gasteiger partial charge in [0.05, 0.1) is 11.2 Å². The molecule has 5 heteroatoms. The molecule has 5 fully saturated rings. The molecular weight excluding hydrogens is 396 g/mol. The largest absolute Gasteiger partial charge is 0.369 e. The van der Waals surface area contributed by atoms with Crippen LogP contribution in [-0.2, 0) is 4.79 Å². The average Bonchev–Trinajstić information content (AvgIpc) is 3.56. The highest BCUT2D eigenvalue weighted by Crippen LogP contribution is 2.61. The number of anilines is 2. The van der Waals surface area contributed by atoms with E-state index < -0.39 is 0 Å². The number of benzene rings is 1. The van der Waals surface area contributed by atoms with E-state index in [4.69, 9.17) is 4.98 Å². The van der Waals surface area contributed by atoms with Gasteiger partial charge in [-0.15, -0.1) is 0 Å². The van der Waals surface area contributed by atoms with Crippen LogP contribution in [0.3, 0.4) is 0 Å². The van der Waals surface area contributed by atoms with Gasteiger partial charge in [0.25, 0.3) is 0 Å². The Hall–Kier alpha value is -2.14.